The fourth-order valence-electron chi connectivity index (χ4n) is 11.1. The first-order chi connectivity index (χ1) is 36.1. The van der Waals surface area contributed by atoms with E-state index in [1.165, 1.54) is 327 Å². The first-order valence-electron chi connectivity index (χ1n) is 33.3. The van der Waals surface area contributed by atoms with Crippen LogP contribution in [-0.2, 0) is 19.1 Å². The summed E-state index contributed by atoms with van der Waals surface area (Å²) in [6, 6.07) is 0. The molecule has 0 saturated carbocycles. The molecule has 73 heavy (non-hydrogen) atoms. The number of aliphatic hydroxyl groups excluding tert-OH is 2. The number of rotatable bonds is 58. The first kappa shape index (κ1) is 69.6. The number of hydrogen-bond acceptors (Lipinski definition) is 6. The Labute approximate surface area is 455 Å². The maximum absolute atomic E-state index is 12.5. The van der Waals surface area contributed by atoms with Crippen LogP contribution in [0.1, 0.15) is 366 Å². The minimum absolute atomic E-state index is 0.00295. The van der Waals surface area contributed by atoms with Gasteiger partial charge in [0.25, 0.3) is 0 Å². The number of carbonyl (C=O) groups is 2. The van der Waals surface area contributed by atoms with Gasteiger partial charge in [0, 0.05) is 0 Å². The number of hydrogen-bond donors (Lipinski definition) is 2. The summed E-state index contributed by atoms with van der Waals surface area (Å²) in [4.78, 5) is 24.7. The van der Waals surface area contributed by atoms with E-state index in [9.17, 15) is 19.8 Å². The summed E-state index contributed by atoms with van der Waals surface area (Å²) in [7, 11) is 0. The quantitative estimate of drug-likeness (QED) is 0.0358. The molecule has 1 heterocycles. The highest BCUT2D eigenvalue weighted by molar-refractivity contribution is 5.80. The summed E-state index contributed by atoms with van der Waals surface area (Å²) < 4.78 is 10.6. The summed E-state index contributed by atoms with van der Waals surface area (Å²) in [6.07, 6.45) is 81.7. The van der Waals surface area contributed by atoms with Gasteiger partial charge in [-0.15, -0.1) is 0 Å². The third-order valence-corrected chi connectivity index (χ3v) is 16.5. The number of carbonyl (C=O) groups excluding carboxylic acids is 2. The highest BCUT2D eigenvalue weighted by Gasteiger charge is 2.36. The van der Waals surface area contributed by atoms with Crippen LogP contribution in [0.5, 0.6) is 0 Å². The van der Waals surface area contributed by atoms with Crippen molar-refractivity contribution in [3.8, 4) is 0 Å². The van der Waals surface area contributed by atoms with Crippen molar-refractivity contribution in [1.29, 1.82) is 0 Å². The van der Waals surface area contributed by atoms with Gasteiger partial charge in [0.05, 0.1) is 31.0 Å². The molecule has 1 rings (SSSR count). The molecule has 1 saturated heterocycles. The van der Waals surface area contributed by atoms with Crippen LogP contribution in [0.2, 0.25) is 0 Å². The Hall–Kier alpha value is -1.40. The van der Waals surface area contributed by atoms with Gasteiger partial charge in [0.1, 0.15) is 13.2 Å². The average molecular weight is 1030 g/mol. The highest BCUT2D eigenvalue weighted by atomic mass is 16.6. The number of esters is 2. The molecule has 1 aliphatic heterocycles. The molecule has 1 atom stereocenters. The second-order valence-electron chi connectivity index (χ2n) is 23.9. The molecule has 0 spiro atoms. The van der Waals surface area contributed by atoms with E-state index >= 15 is 0 Å². The predicted octanol–water partition coefficient (Wildman–Crippen LogP) is 21.1. The molecule has 0 aromatic rings. The number of aliphatic hydroxyl groups is 2. The molecule has 1 aliphatic rings. The molecule has 1 fully saturated rings. The molecule has 0 amide bonds. The summed E-state index contributed by atoms with van der Waals surface area (Å²) in [5.74, 6) is -1.40. The largest absolute Gasteiger partial charge is 0.465 e. The van der Waals surface area contributed by atoms with Crippen LogP contribution >= 0.6 is 0 Å². The van der Waals surface area contributed by atoms with Crippen LogP contribution in [0.25, 0.3) is 0 Å². The summed E-state index contributed by atoms with van der Waals surface area (Å²) in [5.41, 5.74) is -1.12. The van der Waals surface area contributed by atoms with Crippen molar-refractivity contribution in [3.05, 3.63) is 12.2 Å². The molecule has 6 heteroatoms. The first-order valence-corrected chi connectivity index (χ1v) is 33.3. The Kier molecular flexibility index (Phi) is 54.2. The monoisotopic (exact) mass is 1030 g/mol. The predicted molar refractivity (Wildman–Crippen MR) is 315 cm³/mol. The van der Waals surface area contributed by atoms with Gasteiger partial charge in [-0.05, 0) is 32.1 Å². The summed E-state index contributed by atoms with van der Waals surface area (Å²) >= 11 is 0. The SMILES string of the molecule is CCCCCCCCCCCCCCCCCCCCCCCCCCCCCCCCCCCCCCCC/C=C/CCCCCCCCCCCCCCCCC1CC(=O)OCC(CO)(CO)COC1=O. The zero-order chi connectivity index (χ0) is 52.5. The Bertz CT molecular complexity index is 1150. The molecular weight excluding hydrogens is 901 g/mol. The van der Waals surface area contributed by atoms with Gasteiger partial charge < -0.3 is 19.7 Å². The van der Waals surface area contributed by atoms with Gasteiger partial charge in [-0.25, -0.2) is 0 Å². The van der Waals surface area contributed by atoms with Crippen LogP contribution < -0.4 is 0 Å². The minimum atomic E-state index is -1.12. The van der Waals surface area contributed by atoms with Crippen molar-refractivity contribution in [2.24, 2.45) is 11.3 Å². The minimum Gasteiger partial charge on any atom is -0.465 e. The van der Waals surface area contributed by atoms with E-state index in [0.29, 0.717) is 6.42 Å². The molecule has 0 aliphatic carbocycles. The lowest BCUT2D eigenvalue weighted by molar-refractivity contribution is -0.155. The van der Waals surface area contributed by atoms with Crippen molar-refractivity contribution < 1.29 is 29.3 Å². The second-order valence-corrected chi connectivity index (χ2v) is 23.9. The van der Waals surface area contributed by atoms with E-state index in [4.69, 9.17) is 9.47 Å². The molecule has 0 aromatic carbocycles. The molecular formula is C67H128O6. The molecule has 0 aromatic heterocycles. The second kappa shape index (κ2) is 56.8. The van der Waals surface area contributed by atoms with E-state index < -0.39 is 36.5 Å². The number of cyclic esters (lactones) is 2. The fraction of sp³-hybridized carbons (Fsp3) is 0.940. The maximum Gasteiger partial charge on any atom is 0.309 e. The maximum atomic E-state index is 12.5. The van der Waals surface area contributed by atoms with Crippen molar-refractivity contribution >= 4 is 11.9 Å². The molecule has 432 valence electrons. The zero-order valence-electron chi connectivity index (χ0n) is 49.2. The van der Waals surface area contributed by atoms with Crippen molar-refractivity contribution in [1.82, 2.24) is 0 Å². The van der Waals surface area contributed by atoms with E-state index in [-0.39, 0.29) is 19.6 Å². The Balaban J connectivity index is 1.68. The fourth-order valence-corrected chi connectivity index (χ4v) is 11.1. The summed E-state index contributed by atoms with van der Waals surface area (Å²) in [5, 5.41) is 19.2. The van der Waals surface area contributed by atoms with Crippen molar-refractivity contribution in [2.45, 2.75) is 366 Å². The van der Waals surface area contributed by atoms with Crippen molar-refractivity contribution in [3.63, 3.8) is 0 Å². The van der Waals surface area contributed by atoms with E-state index in [0.717, 1.165) is 19.3 Å². The van der Waals surface area contributed by atoms with Gasteiger partial charge in [-0.3, -0.25) is 9.59 Å². The molecule has 0 bridgehead atoms. The zero-order valence-corrected chi connectivity index (χ0v) is 49.2. The topological polar surface area (TPSA) is 93.1 Å². The van der Waals surface area contributed by atoms with Crippen LogP contribution in [-0.4, -0.2) is 48.6 Å². The van der Waals surface area contributed by atoms with Gasteiger partial charge >= 0.3 is 11.9 Å². The normalized spacial score (nSPS) is 15.2. The van der Waals surface area contributed by atoms with E-state index in [1.54, 1.807) is 0 Å². The molecule has 2 N–H and O–H groups in total. The standard InChI is InChI=1S/C67H128O6/c1-2-3-4-5-6-7-8-9-10-11-12-13-14-15-16-17-18-19-20-21-22-23-24-25-26-27-28-29-30-31-32-33-34-35-36-37-38-39-40-41-42-43-44-45-46-47-48-49-50-51-52-53-54-55-56-57-58-64-59-65(70)72-62-67(60-68,61-69)63-73-66(64)71/h41-42,64,68-69H,2-40,43-63H2,1H3/b42-41+. The summed E-state index contributed by atoms with van der Waals surface area (Å²) in [6.45, 7) is 1.21. The van der Waals surface area contributed by atoms with Crippen molar-refractivity contribution in [2.75, 3.05) is 26.4 Å². The smallest absolute Gasteiger partial charge is 0.309 e. The van der Waals surface area contributed by atoms with Gasteiger partial charge in [-0.2, -0.15) is 0 Å². The number of unbranched alkanes of at least 4 members (excludes halogenated alkanes) is 52. The lowest BCUT2D eigenvalue weighted by atomic mass is 9.92. The van der Waals surface area contributed by atoms with Crippen LogP contribution in [0.4, 0.5) is 0 Å². The third-order valence-electron chi connectivity index (χ3n) is 16.5. The highest BCUT2D eigenvalue weighted by Crippen LogP contribution is 2.25. The Morgan fingerprint density at radius 2 is 0.589 bits per heavy atom. The Morgan fingerprint density at radius 1 is 0.356 bits per heavy atom. The number of allylic oxidation sites excluding steroid dienone is 2. The molecule has 1 unspecified atom stereocenters. The molecule has 0 radical (unpaired) electrons. The average Bonchev–Trinajstić information content (AvgIpc) is 3.46. The Morgan fingerprint density at radius 3 is 0.849 bits per heavy atom. The van der Waals surface area contributed by atoms with Gasteiger partial charge in [0.2, 0.25) is 0 Å². The van der Waals surface area contributed by atoms with Crippen LogP contribution in [0.3, 0.4) is 0 Å². The van der Waals surface area contributed by atoms with Gasteiger partial charge in [-0.1, -0.05) is 340 Å². The van der Waals surface area contributed by atoms with E-state index in [2.05, 4.69) is 19.1 Å². The molecule has 6 nitrogen and oxygen atoms in total. The van der Waals surface area contributed by atoms with Crippen LogP contribution in [0.15, 0.2) is 12.2 Å². The van der Waals surface area contributed by atoms with Crippen LogP contribution in [0, 0.1) is 11.3 Å². The van der Waals surface area contributed by atoms with E-state index in [1.807, 2.05) is 0 Å². The lowest BCUT2D eigenvalue weighted by Gasteiger charge is -2.27. The number of ether oxygens (including phenoxy) is 2. The lowest BCUT2D eigenvalue weighted by Crippen LogP contribution is -2.40. The van der Waals surface area contributed by atoms with Gasteiger partial charge in [0.15, 0.2) is 0 Å². The third kappa shape index (κ3) is 48.7.